The molecule has 0 bridgehead atoms. The third kappa shape index (κ3) is 2.98. The third-order valence-electron chi connectivity index (χ3n) is 3.02. The highest BCUT2D eigenvalue weighted by Gasteiger charge is 2.24. The van der Waals surface area contributed by atoms with Gasteiger partial charge in [0, 0.05) is 19.1 Å². The Kier molecular flexibility index (Phi) is 3.99. The van der Waals surface area contributed by atoms with Crippen LogP contribution in [0.1, 0.15) is 13.8 Å². The second-order valence-corrected chi connectivity index (χ2v) is 6.30. The molecule has 0 atom stereocenters. The van der Waals surface area contributed by atoms with Crippen LogP contribution in [0.15, 0.2) is 23.1 Å². The molecule has 0 aliphatic carbocycles. The minimum absolute atomic E-state index is 0.247. The average molecular weight is 275 g/mol. The summed E-state index contributed by atoms with van der Waals surface area (Å²) in [6, 6.07) is 3.57. The van der Waals surface area contributed by atoms with E-state index in [1.165, 1.54) is 12.1 Å². The molecule has 0 saturated heterocycles. The maximum atomic E-state index is 13.9. The van der Waals surface area contributed by atoms with E-state index < -0.39 is 21.4 Å². The van der Waals surface area contributed by atoms with Crippen LogP contribution in [0.5, 0.6) is 0 Å². The quantitative estimate of drug-likeness (QED) is 0.844. The molecule has 1 aromatic rings. The summed E-state index contributed by atoms with van der Waals surface area (Å²) in [6.45, 7) is 4.06. The Hall–Kier alpha value is -1.18. The van der Waals surface area contributed by atoms with Gasteiger partial charge in [-0.2, -0.15) is 0 Å². The maximum Gasteiger partial charge on any atom is 0.238 e. The van der Waals surface area contributed by atoms with Crippen LogP contribution in [-0.4, -0.2) is 27.5 Å². The van der Waals surface area contributed by atoms with Crippen molar-refractivity contribution >= 4 is 15.7 Å². The van der Waals surface area contributed by atoms with E-state index in [9.17, 15) is 12.8 Å². The molecule has 0 heterocycles. The van der Waals surface area contributed by atoms with E-state index in [-0.39, 0.29) is 10.6 Å². The smallest absolute Gasteiger partial charge is 0.238 e. The number of halogens is 1. The van der Waals surface area contributed by atoms with Gasteiger partial charge in [-0.05, 0) is 32.0 Å². The van der Waals surface area contributed by atoms with Gasteiger partial charge in [0.1, 0.15) is 5.82 Å². The Morgan fingerprint density at radius 1 is 1.39 bits per heavy atom. The van der Waals surface area contributed by atoms with Gasteiger partial charge in [0.05, 0.1) is 10.6 Å². The Bertz CT molecular complexity index is 543. The SMILES string of the molecule is CN(c1ccc(S(N)(=O)=O)cc1F)C(C)(C)CN. The van der Waals surface area contributed by atoms with Crippen LogP contribution < -0.4 is 15.8 Å². The van der Waals surface area contributed by atoms with E-state index in [4.69, 9.17) is 10.9 Å². The Labute approximate surface area is 107 Å². The van der Waals surface area contributed by atoms with Crippen LogP contribution in [0.4, 0.5) is 10.1 Å². The molecular weight excluding hydrogens is 257 g/mol. The lowest BCUT2D eigenvalue weighted by molar-refractivity contribution is 0.487. The molecule has 1 aromatic carbocycles. The molecule has 0 aromatic heterocycles. The zero-order valence-corrected chi connectivity index (χ0v) is 11.5. The van der Waals surface area contributed by atoms with E-state index in [0.717, 1.165) is 6.07 Å². The minimum Gasteiger partial charge on any atom is -0.366 e. The van der Waals surface area contributed by atoms with Crippen LogP contribution in [0.25, 0.3) is 0 Å². The van der Waals surface area contributed by atoms with E-state index in [0.29, 0.717) is 6.54 Å². The lowest BCUT2D eigenvalue weighted by Gasteiger charge is -2.36. The normalized spacial score (nSPS) is 12.6. The van der Waals surface area contributed by atoms with Crippen LogP contribution in [-0.2, 0) is 10.0 Å². The summed E-state index contributed by atoms with van der Waals surface area (Å²) in [5.41, 5.74) is 5.45. The Balaban J connectivity index is 3.23. The highest BCUT2D eigenvalue weighted by Crippen LogP contribution is 2.26. The van der Waals surface area contributed by atoms with Crippen molar-refractivity contribution in [2.75, 3.05) is 18.5 Å². The summed E-state index contributed by atoms with van der Waals surface area (Å²) in [7, 11) is -2.20. The molecule has 1 rings (SSSR count). The Morgan fingerprint density at radius 3 is 2.33 bits per heavy atom. The van der Waals surface area contributed by atoms with Crippen LogP contribution in [0.3, 0.4) is 0 Å². The molecule has 4 N–H and O–H groups in total. The fraction of sp³-hybridized carbons (Fsp3) is 0.455. The zero-order valence-electron chi connectivity index (χ0n) is 10.6. The van der Waals surface area contributed by atoms with Crippen LogP contribution >= 0.6 is 0 Å². The first kappa shape index (κ1) is 14.9. The molecule has 0 radical (unpaired) electrons. The maximum absolute atomic E-state index is 13.9. The number of primary sulfonamides is 1. The molecule has 18 heavy (non-hydrogen) atoms. The lowest BCUT2D eigenvalue weighted by Crippen LogP contribution is -2.47. The second kappa shape index (κ2) is 4.83. The van der Waals surface area contributed by atoms with Gasteiger partial charge in [0.2, 0.25) is 10.0 Å². The predicted octanol–water partition coefficient (Wildman–Crippen LogP) is 0.647. The molecule has 0 saturated carbocycles. The number of sulfonamides is 1. The Morgan fingerprint density at radius 2 is 1.94 bits per heavy atom. The van der Waals surface area contributed by atoms with E-state index in [2.05, 4.69) is 0 Å². The summed E-state index contributed by atoms with van der Waals surface area (Å²) in [6.07, 6.45) is 0. The summed E-state index contributed by atoms with van der Waals surface area (Å²) in [5, 5.41) is 4.94. The van der Waals surface area contributed by atoms with Crippen molar-refractivity contribution in [1.29, 1.82) is 0 Å². The van der Waals surface area contributed by atoms with Crippen molar-refractivity contribution in [1.82, 2.24) is 0 Å². The first-order chi connectivity index (χ1) is 8.09. The number of nitrogens with two attached hydrogens (primary N) is 2. The molecule has 7 heteroatoms. The highest BCUT2D eigenvalue weighted by atomic mass is 32.2. The van der Waals surface area contributed by atoms with Crippen molar-refractivity contribution in [3.63, 3.8) is 0 Å². The predicted molar refractivity (Wildman–Crippen MR) is 69.3 cm³/mol. The van der Waals surface area contributed by atoms with Gasteiger partial charge >= 0.3 is 0 Å². The first-order valence-corrected chi connectivity index (χ1v) is 6.90. The summed E-state index contributed by atoms with van der Waals surface area (Å²) in [5.74, 6) is -0.648. The minimum atomic E-state index is -3.89. The van der Waals surface area contributed by atoms with Crippen molar-refractivity contribution in [3.8, 4) is 0 Å². The standard InChI is InChI=1S/C11H18FN3O2S/c1-11(2,7-13)15(3)10-5-4-8(6-9(10)12)18(14,16)17/h4-6H,7,13H2,1-3H3,(H2,14,16,17). The molecule has 0 aliphatic rings. The number of anilines is 1. The summed E-state index contributed by atoms with van der Waals surface area (Å²) < 4.78 is 36.1. The molecule has 102 valence electrons. The highest BCUT2D eigenvalue weighted by molar-refractivity contribution is 7.89. The third-order valence-corrected chi connectivity index (χ3v) is 3.93. The topological polar surface area (TPSA) is 89.4 Å². The van der Waals surface area contributed by atoms with Crippen LogP contribution in [0, 0.1) is 5.82 Å². The number of rotatable bonds is 4. The molecule has 0 aliphatic heterocycles. The first-order valence-electron chi connectivity index (χ1n) is 5.36. The number of nitrogens with zero attached hydrogens (tertiary/aromatic N) is 1. The molecule has 0 fully saturated rings. The van der Waals surface area contributed by atoms with Gasteiger partial charge in [-0.1, -0.05) is 0 Å². The average Bonchev–Trinajstić information content (AvgIpc) is 2.26. The number of hydrogen-bond acceptors (Lipinski definition) is 4. The zero-order chi connectivity index (χ0) is 14.1. The number of hydrogen-bond donors (Lipinski definition) is 2. The molecule has 5 nitrogen and oxygen atoms in total. The van der Waals surface area contributed by atoms with Gasteiger partial charge in [0.25, 0.3) is 0 Å². The molecule has 0 spiro atoms. The summed E-state index contributed by atoms with van der Waals surface area (Å²) >= 11 is 0. The lowest BCUT2D eigenvalue weighted by atomic mass is 10.0. The van der Waals surface area contributed by atoms with E-state index in [1.807, 2.05) is 13.8 Å². The van der Waals surface area contributed by atoms with Gasteiger partial charge in [-0.15, -0.1) is 0 Å². The van der Waals surface area contributed by atoms with Gasteiger partial charge in [0.15, 0.2) is 0 Å². The second-order valence-electron chi connectivity index (χ2n) is 4.73. The molecular formula is C11H18FN3O2S. The van der Waals surface area contributed by atoms with Crippen molar-refractivity contribution < 1.29 is 12.8 Å². The molecule has 0 unspecified atom stereocenters. The van der Waals surface area contributed by atoms with Crippen molar-refractivity contribution in [3.05, 3.63) is 24.0 Å². The van der Waals surface area contributed by atoms with Gasteiger partial charge < -0.3 is 10.6 Å². The van der Waals surface area contributed by atoms with Gasteiger partial charge in [-0.25, -0.2) is 17.9 Å². The van der Waals surface area contributed by atoms with E-state index in [1.54, 1.807) is 11.9 Å². The van der Waals surface area contributed by atoms with Crippen molar-refractivity contribution in [2.45, 2.75) is 24.3 Å². The summed E-state index contributed by atoms with van der Waals surface area (Å²) in [4.78, 5) is 1.41. The van der Waals surface area contributed by atoms with Crippen molar-refractivity contribution in [2.24, 2.45) is 10.9 Å². The fourth-order valence-corrected chi connectivity index (χ4v) is 1.93. The van der Waals surface area contributed by atoms with E-state index >= 15 is 0 Å². The fourth-order valence-electron chi connectivity index (χ4n) is 1.40. The largest absolute Gasteiger partial charge is 0.366 e. The molecule has 0 amide bonds. The number of likely N-dealkylation sites (N-methyl/N-ethyl adjacent to an activating group) is 1. The van der Waals surface area contributed by atoms with Gasteiger partial charge in [-0.3, -0.25) is 0 Å². The number of benzene rings is 1. The van der Waals surface area contributed by atoms with Crippen LogP contribution in [0.2, 0.25) is 0 Å². The monoisotopic (exact) mass is 275 g/mol.